The molecule has 0 unspecified atom stereocenters. The predicted octanol–water partition coefficient (Wildman–Crippen LogP) is 2.56. The normalized spacial score (nSPS) is 10.3. The third kappa shape index (κ3) is 1.68. The molecule has 0 radical (unpaired) electrons. The smallest absolute Gasteiger partial charge is 0.207 e. The van der Waals surface area contributed by atoms with E-state index in [1.54, 1.807) is 6.20 Å². The highest BCUT2D eigenvalue weighted by Crippen LogP contribution is 2.26. The molecular weight excluding hydrogens is 206 g/mol. The molecule has 13 heavy (non-hydrogen) atoms. The van der Waals surface area contributed by atoms with Gasteiger partial charge in [-0.05, 0) is 30.2 Å². The quantitative estimate of drug-likeness (QED) is 0.728. The SMILES string of the molecule is Cc1cccnc1-c1nnc(Cl)s1. The summed E-state index contributed by atoms with van der Waals surface area (Å²) in [4.78, 5) is 4.21. The van der Waals surface area contributed by atoms with Crippen LogP contribution in [0.1, 0.15) is 5.56 Å². The summed E-state index contributed by atoms with van der Waals surface area (Å²) in [7, 11) is 0. The minimum atomic E-state index is 0.444. The lowest BCUT2D eigenvalue weighted by molar-refractivity contribution is 1.08. The standard InChI is InChI=1S/C8H6ClN3S/c1-5-3-2-4-10-6(5)7-11-12-8(9)13-7/h2-4H,1H3. The molecule has 0 N–H and O–H groups in total. The van der Waals surface area contributed by atoms with Crippen LogP contribution in [0.3, 0.4) is 0 Å². The monoisotopic (exact) mass is 211 g/mol. The van der Waals surface area contributed by atoms with Crippen LogP contribution in [0.15, 0.2) is 18.3 Å². The first kappa shape index (κ1) is 8.59. The highest BCUT2D eigenvalue weighted by Gasteiger charge is 2.07. The van der Waals surface area contributed by atoms with Gasteiger partial charge in [0.05, 0.1) is 0 Å². The van der Waals surface area contributed by atoms with Crippen LogP contribution < -0.4 is 0 Å². The number of aryl methyl sites for hydroxylation is 1. The maximum atomic E-state index is 5.68. The summed E-state index contributed by atoms with van der Waals surface area (Å²) in [5.41, 5.74) is 1.93. The van der Waals surface area contributed by atoms with Crippen LogP contribution in [0.4, 0.5) is 0 Å². The molecule has 0 fully saturated rings. The zero-order valence-corrected chi connectivity index (χ0v) is 8.43. The third-order valence-electron chi connectivity index (χ3n) is 1.61. The van der Waals surface area contributed by atoms with Gasteiger partial charge in [0, 0.05) is 6.20 Å². The van der Waals surface area contributed by atoms with Crippen molar-refractivity contribution in [3.63, 3.8) is 0 Å². The fraction of sp³-hybridized carbons (Fsp3) is 0.125. The van der Waals surface area contributed by atoms with Crippen molar-refractivity contribution in [3.05, 3.63) is 28.4 Å². The molecule has 0 amide bonds. The van der Waals surface area contributed by atoms with E-state index in [9.17, 15) is 0 Å². The number of aromatic nitrogens is 3. The summed E-state index contributed by atoms with van der Waals surface area (Å²) in [6.45, 7) is 1.98. The predicted molar refractivity (Wildman–Crippen MR) is 52.9 cm³/mol. The lowest BCUT2D eigenvalue weighted by Gasteiger charge is -1.97. The Morgan fingerprint density at radius 2 is 2.23 bits per heavy atom. The molecule has 66 valence electrons. The van der Waals surface area contributed by atoms with E-state index in [-0.39, 0.29) is 0 Å². The van der Waals surface area contributed by atoms with E-state index in [1.807, 2.05) is 19.1 Å². The zero-order valence-electron chi connectivity index (χ0n) is 6.86. The van der Waals surface area contributed by atoms with Crippen molar-refractivity contribution in [1.82, 2.24) is 15.2 Å². The van der Waals surface area contributed by atoms with Crippen molar-refractivity contribution in [2.24, 2.45) is 0 Å². The van der Waals surface area contributed by atoms with E-state index in [0.717, 1.165) is 16.3 Å². The van der Waals surface area contributed by atoms with E-state index in [1.165, 1.54) is 11.3 Å². The van der Waals surface area contributed by atoms with E-state index in [4.69, 9.17) is 11.6 Å². The summed E-state index contributed by atoms with van der Waals surface area (Å²) < 4.78 is 0.444. The van der Waals surface area contributed by atoms with Gasteiger partial charge in [-0.3, -0.25) is 4.98 Å². The molecule has 0 saturated heterocycles. The molecular formula is C8H6ClN3S. The Labute approximate surface area is 84.4 Å². The largest absolute Gasteiger partial charge is 0.253 e. The van der Waals surface area contributed by atoms with Gasteiger partial charge < -0.3 is 0 Å². The molecule has 0 atom stereocenters. The van der Waals surface area contributed by atoms with Crippen molar-refractivity contribution >= 4 is 22.9 Å². The molecule has 0 aromatic carbocycles. The molecule has 2 heterocycles. The average Bonchev–Trinajstić information content (AvgIpc) is 2.53. The van der Waals surface area contributed by atoms with Gasteiger partial charge in [0.1, 0.15) is 5.69 Å². The molecule has 0 aliphatic carbocycles. The third-order valence-corrected chi connectivity index (χ3v) is 2.64. The fourth-order valence-electron chi connectivity index (χ4n) is 1.01. The molecule has 5 heteroatoms. The second-order valence-corrected chi connectivity index (χ2v) is 4.09. The van der Waals surface area contributed by atoms with Gasteiger partial charge >= 0.3 is 0 Å². The fourth-order valence-corrected chi connectivity index (χ4v) is 1.90. The van der Waals surface area contributed by atoms with Gasteiger partial charge in [0.25, 0.3) is 0 Å². The summed E-state index contributed by atoms with van der Waals surface area (Å²) in [5.74, 6) is 0. The number of pyridine rings is 1. The van der Waals surface area contributed by atoms with Crippen LogP contribution >= 0.6 is 22.9 Å². The van der Waals surface area contributed by atoms with E-state index in [0.29, 0.717) is 4.47 Å². The van der Waals surface area contributed by atoms with Gasteiger partial charge in [0.15, 0.2) is 5.01 Å². The molecule has 2 aromatic rings. The van der Waals surface area contributed by atoms with Gasteiger partial charge in [-0.2, -0.15) is 0 Å². The summed E-state index contributed by atoms with van der Waals surface area (Å²) in [5, 5.41) is 8.42. The van der Waals surface area contributed by atoms with Crippen molar-refractivity contribution in [2.45, 2.75) is 6.92 Å². The lowest BCUT2D eigenvalue weighted by Crippen LogP contribution is -1.85. The Balaban J connectivity index is 2.52. The molecule has 0 saturated carbocycles. The molecule has 2 aromatic heterocycles. The molecule has 0 bridgehead atoms. The second-order valence-electron chi connectivity index (χ2n) is 2.53. The maximum Gasteiger partial charge on any atom is 0.207 e. The van der Waals surface area contributed by atoms with Crippen molar-refractivity contribution in [1.29, 1.82) is 0 Å². The van der Waals surface area contributed by atoms with Crippen LogP contribution in [-0.2, 0) is 0 Å². The van der Waals surface area contributed by atoms with Crippen LogP contribution in [0.5, 0.6) is 0 Å². The molecule has 2 rings (SSSR count). The summed E-state index contributed by atoms with van der Waals surface area (Å²) in [6.07, 6.45) is 1.73. The van der Waals surface area contributed by atoms with Crippen LogP contribution in [0.25, 0.3) is 10.7 Å². The first-order valence-electron chi connectivity index (χ1n) is 3.68. The molecule has 3 nitrogen and oxygen atoms in total. The van der Waals surface area contributed by atoms with Gasteiger partial charge in [-0.15, -0.1) is 10.2 Å². The Bertz CT molecular complexity index is 427. The minimum Gasteiger partial charge on any atom is -0.253 e. The maximum absolute atomic E-state index is 5.68. The highest BCUT2D eigenvalue weighted by molar-refractivity contribution is 7.18. The Hall–Kier alpha value is -1.000. The van der Waals surface area contributed by atoms with Gasteiger partial charge in [0.2, 0.25) is 4.47 Å². The van der Waals surface area contributed by atoms with Crippen LogP contribution in [-0.4, -0.2) is 15.2 Å². The minimum absolute atomic E-state index is 0.444. The van der Waals surface area contributed by atoms with Crippen molar-refractivity contribution < 1.29 is 0 Å². The number of hydrogen-bond donors (Lipinski definition) is 0. The average molecular weight is 212 g/mol. The van der Waals surface area contributed by atoms with Crippen molar-refractivity contribution in [3.8, 4) is 10.7 Å². The zero-order chi connectivity index (χ0) is 9.26. The molecule has 0 spiro atoms. The van der Waals surface area contributed by atoms with E-state index < -0.39 is 0 Å². The first-order chi connectivity index (χ1) is 6.27. The van der Waals surface area contributed by atoms with E-state index >= 15 is 0 Å². The van der Waals surface area contributed by atoms with Crippen LogP contribution in [0, 0.1) is 6.92 Å². The second kappa shape index (κ2) is 3.40. The number of nitrogens with zero attached hydrogens (tertiary/aromatic N) is 3. The topological polar surface area (TPSA) is 38.7 Å². The highest BCUT2D eigenvalue weighted by atomic mass is 35.5. The van der Waals surface area contributed by atoms with Crippen LogP contribution in [0.2, 0.25) is 4.47 Å². The number of rotatable bonds is 1. The Morgan fingerprint density at radius 1 is 1.38 bits per heavy atom. The number of halogens is 1. The van der Waals surface area contributed by atoms with E-state index in [2.05, 4.69) is 15.2 Å². The number of hydrogen-bond acceptors (Lipinski definition) is 4. The lowest BCUT2D eigenvalue weighted by atomic mass is 10.2. The summed E-state index contributed by atoms with van der Waals surface area (Å²) in [6, 6.07) is 3.87. The van der Waals surface area contributed by atoms with Gasteiger partial charge in [-0.1, -0.05) is 17.4 Å². The molecule has 0 aliphatic rings. The Kier molecular flexibility index (Phi) is 2.24. The van der Waals surface area contributed by atoms with Crippen molar-refractivity contribution in [2.75, 3.05) is 0 Å². The Morgan fingerprint density at radius 3 is 2.85 bits per heavy atom. The van der Waals surface area contributed by atoms with Gasteiger partial charge in [-0.25, -0.2) is 0 Å². The first-order valence-corrected chi connectivity index (χ1v) is 4.88. The summed E-state index contributed by atoms with van der Waals surface area (Å²) >= 11 is 7.02. The molecule has 0 aliphatic heterocycles.